The van der Waals surface area contributed by atoms with Gasteiger partial charge in [-0.2, -0.15) is 8.42 Å². The van der Waals surface area contributed by atoms with Gasteiger partial charge in [-0.15, -0.1) is 0 Å². The van der Waals surface area contributed by atoms with Gasteiger partial charge in [-0.1, -0.05) is 96.8 Å². The average molecular weight is 381 g/mol. The zero-order chi connectivity index (χ0) is 18.6. The normalized spacial score (nSPS) is 11.9. The third-order valence-electron chi connectivity index (χ3n) is 4.29. The second-order valence-electron chi connectivity index (χ2n) is 6.73. The van der Waals surface area contributed by atoms with Crippen LogP contribution >= 0.6 is 0 Å². The summed E-state index contributed by atoms with van der Waals surface area (Å²) in [5.41, 5.74) is 0. The topological polar surface area (TPSA) is 72.8 Å². The first-order chi connectivity index (χ1) is 12.1. The summed E-state index contributed by atoms with van der Waals surface area (Å²) in [6, 6.07) is 0. The van der Waals surface area contributed by atoms with Crippen molar-refractivity contribution in [1.82, 2.24) is 0 Å². The molecule has 0 heterocycles. The molecule has 0 aromatic heterocycles. The van der Waals surface area contributed by atoms with E-state index >= 15 is 0 Å². The van der Waals surface area contributed by atoms with Gasteiger partial charge in [0.05, 0.1) is 19.8 Å². The standard InChI is InChI=1S/C19H40O5S/c1-2-3-4-5-6-7-8-9-10-11-12-13-14-15-16-18-23-25(21,22)24-19-17-20/h20H,2-19H2,1H3. The van der Waals surface area contributed by atoms with Gasteiger partial charge in [0.2, 0.25) is 0 Å². The van der Waals surface area contributed by atoms with Crippen LogP contribution in [0.3, 0.4) is 0 Å². The van der Waals surface area contributed by atoms with Gasteiger partial charge in [-0.25, -0.2) is 8.37 Å². The van der Waals surface area contributed by atoms with Crippen molar-refractivity contribution in [1.29, 1.82) is 0 Å². The third kappa shape index (κ3) is 20.0. The molecule has 0 unspecified atom stereocenters. The van der Waals surface area contributed by atoms with Crippen molar-refractivity contribution in [2.24, 2.45) is 0 Å². The van der Waals surface area contributed by atoms with Gasteiger partial charge in [-0.3, -0.25) is 0 Å². The lowest BCUT2D eigenvalue weighted by atomic mass is 10.0. The molecule has 0 spiro atoms. The Morgan fingerprint density at radius 2 is 0.960 bits per heavy atom. The van der Waals surface area contributed by atoms with E-state index in [0.29, 0.717) is 0 Å². The summed E-state index contributed by atoms with van der Waals surface area (Å²) in [4.78, 5) is 0. The smallest absolute Gasteiger partial charge is 0.394 e. The Bertz CT molecular complexity index is 357. The van der Waals surface area contributed by atoms with Crippen molar-refractivity contribution < 1.29 is 21.9 Å². The Balaban J connectivity index is 3.16. The largest absolute Gasteiger partial charge is 0.399 e. The van der Waals surface area contributed by atoms with Crippen LogP contribution in [0.4, 0.5) is 0 Å². The fourth-order valence-electron chi connectivity index (χ4n) is 2.81. The molecule has 152 valence electrons. The van der Waals surface area contributed by atoms with Crippen LogP contribution in [-0.4, -0.2) is 33.3 Å². The van der Waals surface area contributed by atoms with Crippen molar-refractivity contribution in [3.05, 3.63) is 0 Å². The van der Waals surface area contributed by atoms with Crippen LogP contribution in [0, 0.1) is 0 Å². The molecule has 0 aliphatic carbocycles. The molecule has 0 aromatic carbocycles. The van der Waals surface area contributed by atoms with Crippen LogP contribution in [0.25, 0.3) is 0 Å². The van der Waals surface area contributed by atoms with Crippen LogP contribution in [-0.2, 0) is 18.8 Å². The highest BCUT2D eigenvalue weighted by molar-refractivity contribution is 7.81. The molecule has 0 bridgehead atoms. The summed E-state index contributed by atoms with van der Waals surface area (Å²) in [6.07, 6.45) is 19.1. The number of hydrogen-bond donors (Lipinski definition) is 1. The number of aliphatic hydroxyl groups is 1. The highest BCUT2D eigenvalue weighted by Gasteiger charge is 2.10. The maximum Gasteiger partial charge on any atom is 0.399 e. The van der Waals surface area contributed by atoms with Crippen LogP contribution < -0.4 is 0 Å². The minimum atomic E-state index is -3.92. The number of unbranched alkanes of at least 4 members (excludes halogenated alkanes) is 14. The SMILES string of the molecule is CCCCCCCCCCCCCCCCCOS(=O)(=O)OCCO. The van der Waals surface area contributed by atoms with Crippen molar-refractivity contribution in [2.75, 3.05) is 19.8 Å². The quantitative estimate of drug-likeness (QED) is 0.296. The van der Waals surface area contributed by atoms with Gasteiger partial charge in [0.25, 0.3) is 0 Å². The maximum atomic E-state index is 11.2. The van der Waals surface area contributed by atoms with E-state index in [4.69, 9.17) is 5.11 Å². The monoisotopic (exact) mass is 380 g/mol. The van der Waals surface area contributed by atoms with Crippen molar-refractivity contribution in [2.45, 2.75) is 103 Å². The summed E-state index contributed by atoms with van der Waals surface area (Å²) in [5.74, 6) is 0. The fourth-order valence-corrected chi connectivity index (χ4v) is 3.48. The van der Waals surface area contributed by atoms with Gasteiger partial charge in [-0.05, 0) is 6.42 Å². The van der Waals surface area contributed by atoms with Gasteiger partial charge in [0.15, 0.2) is 0 Å². The van der Waals surface area contributed by atoms with E-state index in [1.54, 1.807) is 0 Å². The Kier molecular flexibility index (Phi) is 18.5. The number of rotatable bonds is 20. The number of hydrogen-bond acceptors (Lipinski definition) is 5. The molecule has 0 saturated heterocycles. The highest BCUT2D eigenvalue weighted by Crippen LogP contribution is 2.13. The second-order valence-corrected chi connectivity index (χ2v) is 8.01. The molecule has 0 saturated carbocycles. The minimum Gasteiger partial charge on any atom is -0.394 e. The van der Waals surface area contributed by atoms with E-state index in [-0.39, 0.29) is 19.8 Å². The molecule has 0 radical (unpaired) electrons. The first-order valence-corrected chi connectivity index (χ1v) is 11.6. The lowest BCUT2D eigenvalue weighted by Gasteiger charge is -2.05. The summed E-state index contributed by atoms with van der Waals surface area (Å²) in [7, 11) is -3.92. The fraction of sp³-hybridized carbons (Fsp3) is 1.00. The first kappa shape index (κ1) is 24.8. The van der Waals surface area contributed by atoms with Crippen molar-refractivity contribution in [3.63, 3.8) is 0 Å². The minimum absolute atomic E-state index is 0.159. The molecule has 6 heteroatoms. The predicted octanol–water partition coefficient (Wildman–Crippen LogP) is 5.13. The number of aliphatic hydroxyl groups excluding tert-OH is 1. The lowest BCUT2D eigenvalue weighted by Crippen LogP contribution is -2.13. The Labute approximate surface area is 155 Å². The van der Waals surface area contributed by atoms with Crippen molar-refractivity contribution in [3.8, 4) is 0 Å². The van der Waals surface area contributed by atoms with Crippen LogP contribution in [0.5, 0.6) is 0 Å². The first-order valence-electron chi connectivity index (χ1n) is 10.3. The van der Waals surface area contributed by atoms with Crippen LogP contribution in [0.2, 0.25) is 0 Å². The highest BCUT2D eigenvalue weighted by atomic mass is 32.3. The Morgan fingerprint density at radius 1 is 0.600 bits per heavy atom. The van der Waals surface area contributed by atoms with E-state index in [1.165, 1.54) is 77.0 Å². The average Bonchev–Trinajstić information content (AvgIpc) is 2.59. The molecular weight excluding hydrogens is 340 g/mol. The molecule has 0 aliphatic rings. The molecule has 0 amide bonds. The second kappa shape index (κ2) is 18.6. The van der Waals surface area contributed by atoms with Gasteiger partial charge in [0.1, 0.15) is 0 Å². The van der Waals surface area contributed by atoms with Crippen molar-refractivity contribution >= 4 is 10.4 Å². The Morgan fingerprint density at radius 3 is 1.36 bits per heavy atom. The Hall–Kier alpha value is -0.170. The maximum absolute atomic E-state index is 11.2. The molecule has 0 rings (SSSR count). The molecular formula is C19H40O5S. The molecule has 25 heavy (non-hydrogen) atoms. The van der Waals surface area contributed by atoms with Gasteiger partial charge >= 0.3 is 10.4 Å². The van der Waals surface area contributed by atoms with Crippen LogP contribution in [0.15, 0.2) is 0 Å². The summed E-state index contributed by atoms with van der Waals surface area (Å²) < 4.78 is 31.5. The predicted molar refractivity (Wildman–Crippen MR) is 103 cm³/mol. The summed E-state index contributed by atoms with van der Waals surface area (Å²) >= 11 is 0. The molecule has 0 fully saturated rings. The van der Waals surface area contributed by atoms with E-state index in [1.807, 2.05) is 0 Å². The van der Waals surface area contributed by atoms with E-state index in [0.717, 1.165) is 19.3 Å². The zero-order valence-electron chi connectivity index (χ0n) is 16.2. The van der Waals surface area contributed by atoms with E-state index in [2.05, 4.69) is 15.3 Å². The zero-order valence-corrected chi connectivity index (χ0v) is 17.0. The molecule has 1 N–H and O–H groups in total. The summed E-state index contributed by atoms with van der Waals surface area (Å²) in [5, 5.41) is 8.50. The van der Waals surface area contributed by atoms with Gasteiger partial charge in [0, 0.05) is 0 Å². The third-order valence-corrected chi connectivity index (χ3v) is 5.21. The summed E-state index contributed by atoms with van der Waals surface area (Å²) in [6.45, 7) is 1.84. The molecule has 0 aromatic rings. The van der Waals surface area contributed by atoms with Gasteiger partial charge < -0.3 is 5.11 Å². The molecule has 0 aliphatic heterocycles. The van der Waals surface area contributed by atoms with E-state index < -0.39 is 10.4 Å². The lowest BCUT2D eigenvalue weighted by molar-refractivity contribution is 0.167. The van der Waals surface area contributed by atoms with E-state index in [9.17, 15) is 8.42 Å². The molecule has 0 atom stereocenters. The molecule has 5 nitrogen and oxygen atoms in total. The van der Waals surface area contributed by atoms with Crippen LogP contribution in [0.1, 0.15) is 103 Å².